The topological polar surface area (TPSA) is 85.6 Å². The minimum absolute atomic E-state index is 0.343. The smallest absolute Gasteiger partial charge is 0.128 e. The van der Waals surface area contributed by atoms with E-state index < -0.39 is 0 Å². The molecule has 5 heterocycles. The molecular formula is C20H21N7. The average Bonchev–Trinajstić information content (AvgIpc) is 3.39. The van der Waals surface area contributed by atoms with E-state index in [1.165, 1.54) is 0 Å². The molecule has 0 saturated carbocycles. The Morgan fingerprint density at radius 1 is 1.22 bits per heavy atom. The summed E-state index contributed by atoms with van der Waals surface area (Å²) in [6, 6.07) is 9.45. The van der Waals surface area contributed by atoms with E-state index in [1.54, 1.807) is 4.68 Å². The van der Waals surface area contributed by atoms with Crippen LogP contribution in [0.4, 0.5) is 5.82 Å². The van der Waals surface area contributed by atoms with Crippen LogP contribution in [0.5, 0.6) is 0 Å². The molecule has 7 heteroatoms. The van der Waals surface area contributed by atoms with E-state index in [4.69, 9.17) is 10.2 Å². The quantitative estimate of drug-likeness (QED) is 0.746. The minimum Gasteiger partial charge on any atom is -0.360 e. The van der Waals surface area contributed by atoms with Gasteiger partial charge in [0.15, 0.2) is 0 Å². The van der Waals surface area contributed by atoms with Crippen molar-refractivity contribution in [2.24, 2.45) is 13.0 Å². The molecule has 136 valence electrons. The highest BCUT2D eigenvalue weighted by Gasteiger charge is 2.46. The minimum atomic E-state index is 0.343. The molecule has 0 aromatic carbocycles. The summed E-state index contributed by atoms with van der Waals surface area (Å²) in [5, 5.41) is 16.6. The molecule has 0 aliphatic carbocycles. The molecule has 2 aliphatic rings. The lowest BCUT2D eigenvalue weighted by molar-refractivity contribution is 0.195. The van der Waals surface area contributed by atoms with Crippen molar-refractivity contribution in [1.82, 2.24) is 25.1 Å². The first-order chi connectivity index (χ1) is 13.2. The van der Waals surface area contributed by atoms with Gasteiger partial charge in [-0.05, 0) is 18.2 Å². The van der Waals surface area contributed by atoms with E-state index in [9.17, 15) is 0 Å². The SMILES string of the molecule is Cn1cc(-c2cc(-c3ccc(N4C[C@@H]5[C@H](C4)N[C@@H]5CC#N)nc3)c[nH]2)cn1. The molecule has 3 aromatic heterocycles. The number of H-pyrrole nitrogens is 1. The number of nitrogens with zero attached hydrogens (tertiary/aromatic N) is 5. The Hall–Kier alpha value is -3.11. The first-order valence-corrected chi connectivity index (χ1v) is 9.23. The van der Waals surface area contributed by atoms with Gasteiger partial charge in [-0.25, -0.2) is 4.98 Å². The van der Waals surface area contributed by atoms with Crippen LogP contribution in [0.1, 0.15) is 6.42 Å². The molecule has 0 radical (unpaired) electrons. The normalized spacial score (nSPS) is 23.7. The Morgan fingerprint density at radius 3 is 2.89 bits per heavy atom. The van der Waals surface area contributed by atoms with Crippen LogP contribution in [-0.4, -0.2) is 44.9 Å². The first kappa shape index (κ1) is 16.1. The molecular weight excluding hydrogens is 338 g/mol. The Bertz CT molecular complexity index is 994. The van der Waals surface area contributed by atoms with Crippen molar-refractivity contribution in [3.63, 3.8) is 0 Å². The van der Waals surface area contributed by atoms with Gasteiger partial charge in [-0.15, -0.1) is 0 Å². The lowest BCUT2D eigenvalue weighted by atomic mass is 9.84. The maximum Gasteiger partial charge on any atom is 0.128 e. The summed E-state index contributed by atoms with van der Waals surface area (Å²) >= 11 is 0. The molecule has 0 unspecified atom stereocenters. The number of anilines is 1. The second-order valence-electron chi connectivity index (χ2n) is 7.42. The number of aromatic amines is 1. The number of nitriles is 1. The number of nitrogens with one attached hydrogen (secondary N) is 2. The van der Waals surface area contributed by atoms with Crippen LogP contribution in [-0.2, 0) is 7.05 Å². The number of aromatic nitrogens is 4. The lowest BCUT2D eigenvalue weighted by Crippen LogP contribution is -2.60. The van der Waals surface area contributed by atoms with Gasteiger partial charge in [0.25, 0.3) is 0 Å². The van der Waals surface area contributed by atoms with Crippen molar-refractivity contribution in [3.05, 3.63) is 43.0 Å². The van der Waals surface area contributed by atoms with Gasteiger partial charge in [-0.3, -0.25) is 4.68 Å². The van der Waals surface area contributed by atoms with Crippen molar-refractivity contribution in [2.75, 3.05) is 18.0 Å². The second-order valence-corrected chi connectivity index (χ2v) is 7.42. The number of fused-ring (bicyclic) bond motifs is 1. The summed E-state index contributed by atoms with van der Waals surface area (Å²) < 4.78 is 1.80. The van der Waals surface area contributed by atoms with Crippen LogP contribution in [0.25, 0.3) is 22.4 Å². The van der Waals surface area contributed by atoms with Gasteiger partial charge < -0.3 is 15.2 Å². The predicted molar refractivity (Wildman–Crippen MR) is 103 cm³/mol. The molecule has 2 saturated heterocycles. The summed E-state index contributed by atoms with van der Waals surface area (Å²) in [6.45, 7) is 1.94. The Kier molecular flexibility index (Phi) is 3.73. The van der Waals surface area contributed by atoms with Gasteiger partial charge >= 0.3 is 0 Å². The zero-order valence-electron chi connectivity index (χ0n) is 15.1. The third-order valence-electron chi connectivity index (χ3n) is 5.73. The van der Waals surface area contributed by atoms with Crippen LogP contribution in [0, 0.1) is 17.2 Å². The van der Waals surface area contributed by atoms with E-state index in [-0.39, 0.29) is 0 Å². The van der Waals surface area contributed by atoms with E-state index in [0.717, 1.165) is 41.3 Å². The van der Waals surface area contributed by atoms with Crippen molar-refractivity contribution in [3.8, 4) is 28.5 Å². The maximum atomic E-state index is 8.90. The standard InChI is InChI=1S/C20H21N7/c1-26-10-15(9-24-26)18-6-14(8-22-18)13-2-3-20(23-7-13)27-11-16-17(4-5-21)25-19(16)12-27/h2-3,6-10,16-17,19,22,25H,4,11-12H2,1H3/t16-,17+,19-/m0/s1. The highest BCUT2D eigenvalue weighted by molar-refractivity contribution is 5.71. The summed E-state index contributed by atoms with van der Waals surface area (Å²) in [5.74, 6) is 1.58. The molecule has 2 N–H and O–H groups in total. The van der Waals surface area contributed by atoms with Crippen molar-refractivity contribution >= 4 is 5.82 Å². The number of aryl methyl sites for hydroxylation is 1. The molecule has 0 spiro atoms. The van der Waals surface area contributed by atoms with Gasteiger partial charge in [-0.2, -0.15) is 10.4 Å². The Balaban J connectivity index is 1.30. The van der Waals surface area contributed by atoms with Gasteiger partial charge in [-0.1, -0.05) is 0 Å². The van der Waals surface area contributed by atoms with Crippen LogP contribution in [0.2, 0.25) is 0 Å². The molecule has 2 aliphatic heterocycles. The highest BCUT2D eigenvalue weighted by atomic mass is 15.3. The Labute approximate surface area is 157 Å². The summed E-state index contributed by atoms with van der Waals surface area (Å²) in [7, 11) is 1.92. The van der Waals surface area contributed by atoms with Crippen LogP contribution < -0.4 is 10.2 Å². The molecule has 0 amide bonds. The fourth-order valence-electron chi connectivity index (χ4n) is 4.22. The predicted octanol–water partition coefficient (Wildman–Crippen LogP) is 2.17. The zero-order valence-corrected chi connectivity index (χ0v) is 15.1. The first-order valence-electron chi connectivity index (χ1n) is 9.23. The van der Waals surface area contributed by atoms with Crippen LogP contribution >= 0.6 is 0 Å². The Morgan fingerprint density at radius 2 is 2.15 bits per heavy atom. The molecule has 0 bridgehead atoms. The summed E-state index contributed by atoms with van der Waals surface area (Å²) in [4.78, 5) is 10.3. The largest absolute Gasteiger partial charge is 0.360 e. The van der Waals surface area contributed by atoms with Crippen LogP contribution in [0.3, 0.4) is 0 Å². The molecule has 5 rings (SSSR count). The molecule has 3 aromatic rings. The van der Waals surface area contributed by atoms with Crippen molar-refractivity contribution in [2.45, 2.75) is 18.5 Å². The number of hydrogen-bond acceptors (Lipinski definition) is 5. The van der Waals surface area contributed by atoms with E-state index in [2.05, 4.69) is 44.6 Å². The second kappa shape index (κ2) is 6.25. The third kappa shape index (κ3) is 2.78. The summed E-state index contributed by atoms with van der Waals surface area (Å²) in [6.07, 6.45) is 8.38. The van der Waals surface area contributed by atoms with Crippen molar-refractivity contribution in [1.29, 1.82) is 5.26 Å². The van der Waals surface area contributed by atoms with Gasteiger partial charge in [0.05, 0.1) is 18.7 Å². The molecule has 7 nitrogen and oxygen atoms in total. The lowest BCUT2D eigenvalue weighted by Gasteiger charge is -2.39. The maximum absolute atomic E-state index is 8.90. The van der Waals surface area contributed by atoms with E-state index in [0.29, 0.717) is 24.4 Å². The third-order valence-corrected chi connectivity index (χ3v) is 5.73. The average molecular weight is 359 g/mol. The van der Waals surface area contributed by atoms with Crippen LogP contribution in [0.15, 0.2) is 43.0 Å². The number of hydrogen-bond donors (Lipinski definition) is 2. The van der Waals surface area contributed by atoms with E-state index in [1.807, 2.05) is 31.8 Å². The van der Waals surface area contributed by atoms with Gasteiger partial charge in [0.1, 0.15) is 5.82 Å². The fourth-order valence-corrected chi connectivity index (χ4v) is 4.22. The molecule has 2 fully saturated rings. The highest BCUT2D eigenvalue weighted by Crippen LogP contribution is 2.33. The summed E-state index contributed by atoms with van der Waals surface area (Å²) in [5.41, 5.74) is 4.33. The molecule has 27 heavy (non-hydrogen) atoms. The van der Waals surface area contributed by atoms with Gasteiger partial charge in [0.2, 0.25) is 0 Å². The number of rotatable bonds is 4. The molecule has 3 atom stereocenters. The zero-order chi connectivity index (χ0) is 18.4. The van der Waals surface area contributed by atoms with E-state index >= 15 is 0 Å². The monoisotopic (exact) mass is 359 g/mol. The fraction of sp³-hybridized carbons (Fsp3) is 0.350. The van der Waals surface area contributed by atoms with Gasteiger partial charge in [0, 0.05) is 79.1 Å². The van der Waals surface area contributed by atoms with Crippen molar-refractivity contribution < 1.29 is 0 Å². The number of pyridine rings is 1.